The molecule has 0 fully saturated rings. The second-order valence-corrected chi connectivity index (χ2v) is 6.69. The van der Waals surface area contributed by atoms with Gasteiger partial charge in [-0.25, -0.2) is 0 Å². The number of hydrogen-bond acceptors (Lipinski definition) is 3. The van der Waals surface area contributed by atoms with E-state index in [4.69, 9.17) is 21.8 Å². The van der Waals surface area contributed by atoms with E-state index in [1.165, 1.54) is 0 Å². The van der Waals surface area contributed by atoms with E-state index in [1.807, 2.05) is 30.3 Å². The van der Waals surface area contributed by atoms with E-state index in [9.17, 15) is 4.21 Å². The molecule has 0 aliphatic rings. The van der Waals surface area contributed by atoms with E-state index < -0.39 is 16.8 Å². The summed E-state index contributed by atoms with van der Waals surface area (Å²) >= 11 is 5.91. The molecule has 2 N–H and O–H groups in total. The van der Waals surface area contributed by atoms with Crippen LogP contribution in [0.2, 0.25) is 5.02 Å². The largest absolute Gasteiger partial charge is 0.459 e. The van der Waals surface area contributed by atoms with Gasteiger partial charge in [0.15, 0.2) is 0 Å². The number of rotatable bonds is 4. The Labute approximate surface area is 130 Å². The first-order valence-corrected chi connectivity index (χ1v) is 8.21. The second kappa shape index (κ2) is 6.02. The lowest BCUT2D eigenvalue weighted by molar-refractivity contribution is 0.513. The molecular formula is C16H14ClNO2S. The number of hydrogen-bond donors (Lipinski definition) is 1. The molecule has 0 saturated heterocycles. The second-order valence-electron chi connectivity index (χ2n) is 4.76. The molecule has 1 aromatic heterocycles. The van der Waals surface area contributed by atoms with Gasteiger partial charge in [-0.05, 0) is 30.3 Å². The number of benzene rings is 2. The van der Waals surface area contributed by atoms with Gasteiger partial charge in [0, 0.05) is 15.3 Å². The van der Waals surface area contributed by atoms with Gasteiger partial charge in [-0.2, -0.15) is 0 Å². The zero-order chi connectivity index (χ0) is 14.8. The maximum absolute atomic E-state index is 12.3. The van der Waals surface area contributed by atoms with Crippen molar-refractivity contribution in [1.82, 2.24) is 0 Å². The van der Waals surface area contributed by atoms with E-state index >= 15 is 0 Å². The molecule has 2 aromatic carbocycles. The van der Waals surface area contributed by atoms with Crippen molar-refractivity contribution < 1.29 is 8.63 Å². The molecule has 5 heteroatoms. The van der Waals surface area contributed by atoms with Crippen LogP contribution in [0.15, 0.2) is 63.9 Å². The number of halogens is 1. The zero-order valence-electron chi connectivity index (χ0n) is 11.2. The third-order valence-corrected chi connectivity index (χ3v) is 4.88. The van der Waals surface area contributed by atoms with Gasteiger partial charge in [0.25, 0.3) is 0 Å². The minimum atomic E-state index is -1.22. The van der Waals surface area contributed by atoms with E-state index in [1.54, 1.807) is 24.3 Å². The van der Waals surface area contributed by atoms with Crippen LogP contribution in [0.1, 0.15) is 11.8 Å². The molecule has 0 saturated carbocycles. The smallest absolute Gasteiger partial charge is 0.134 e. The monoisotopic (exact) mass is 319 g/mol. The molecule has 1 heterocycles. The van der Waals surface area contributed by atoms with Crippen molar-refractivity contribution in [1.29, 1.82) is 0 Å². The minimum Gasteiger partial charge on any atom is -0.459 e. The maximum Gasteiger partial charge on any atom is 0.134 e. The van der Waals surface area contributed by atoms with E-state index in [2.05, 4.69) is 0 Å². The topological polar surface area (TPSA) is 56.2 Å². The zero-order valence-corrected chi connectivity index (χ0v) is 12.7. The van der Waals surface area contributed by atoms with Gasteiger partial charge in [0.05, 0.1) is 22.6 Å². The average molecular weight is 320 g/mol. The van der Waals surface area contributed by atoms with Gasteiger partial charge in [-0.1, -0.05) is 35.9 Å². The van der Waals surface area contributed by atoms with Crippen LogP contribution in [0.3, 0.4) is 0 Å². The first kappa shape index (κ1) is 14.3. The van der Waals surface area contributed by atoms with Crippen molar-refractivity contribution in [2.75, 3.05) is 5.75 Å². The molecule has 3 rings (SSSR count). The highest BCUT2D eigenvalue weighted by atomic mass is 35.5. The van der Waals surface area contributed by atoms with Crippen LogP contribution >= 0.6 is 11.6 Å². The fourth-order valence-corrected chi connectivity index (χ4v) is 3.56. The molecule has 2 atom stereocenters. The summed E-state index contributed by atoms with van der Waals surface area (Å²) in [4.78, 5) is 0.675. The Morgan fingerprint density at radius 1 is 1.14 bits per heavy atom. The first-order chi connectivity index (χ1) is 10.1. The summed E-state index contributed by atoms with van der Waals surface area (Å²) in [5.74, 6) is 0.937. The first-order valence-electron chi connectivity index (χ1n) is 6.51. The summed E-state index contributed by atoms with van der Waals surface area (Å²) in [7, 11) is -1.22. The van der Waals surface area contributed by atoms with Crippen molar-refractivity contribution in [3.63, 3.8) is 0 Å². The van der Waals surface area contributed by atoms with Crippen LogP contribution in [0.4, 0.5) is 0 Å². The summed E-state index contributed by atoms with van der Waals surface area (Å²) in [6.07, 6.45) is 0. The molecule has 0 amide bonds. The highest BCUT2D eigenvalue weighted by Gasteiger charge is 2.16. The van der Waals surface area contributed by atoms with Crippen LogP contribution in [-0.4, -0.2) is 9.96 Å². The predicted octanol–water partition coefficient (Wildman–Crippen LogP) is 3.89. The SMILES string of the molecule is NC(CS(=O)c1cccc(Cl)c1)c1cc2ccccc2o1. The third-order valence-electron chi connectivity index (χ3n) is 3.20. The lowest BCUT2D eigenvalue weighted by atomic mass is 10.2. The molecular weight excluding hydrogens is 306 g/mol. The highest BCUT2D eigenvalue weighted by Crippen LogP contribution is 2.24. The Morgan fingerprint density at radius 3 is 2.71 bits per heavy atom. The summed E-state index contributed by atoms with van der Waals surface area (Å²) in [6, 6.07) is 16.2. The van der Waals surface area contributed by atoms with Crippen molar-refractivity contribution in [3.05, 3.63) is 65.4 Å². The maximum atomic E-state index is 12.3. The van der Waals surface area contributed by atoms with E-state index in [0.717, 1.165) is 11.0 Å². The highest BCUT2D eigenvalue weighted by molar-refractivity contribution is 7.85. The van der Waals surface area contributed by atoms with Crippen LogP contribution < -0.4 is 5.73 Å². The standard InChI is InChI=1S/C16H14ClNO2S/c17-12-5-3-6-13(9-12)21(19)10-14(18)16-8-11-4-1-2-7-15(11)20-16/h1-9,14H,10,18H2. The Morgan fingerprint density at radius 2 is 1.95 bits per heavy atom. The molecule has 0 bridgehead atoms. The molecule has 0 aliphatic heterocycles. The van der Waals surface area contributed by atoms with Crippen LogP contribution in [0.5, 0.6) is 0 Å². The normalized spacial score (nSPS) is 14.2. The van der Waals surface area contributed by atoms with Gasteiger partial charge in [-0.3, -0.25) is 4.21 Å². The Balaban J connectivity index is 1.79. The van der Waals surface area contributed by atoms with Crippen LogP contribution in [-0.2, 0) is 10.8 Å². The van der Waals surface area contributed by atoms with Crippen molar-refractivity contribution in [3.8, 4) is 0 Å². The molecule has 0 radical (unpaired) electrons. The number of fused-ring (bicyclic) bond motifs is 1. The molecule has 21 heavy (non-hydrogen) atoms. The lowest BCUT2D eigenvalue weighted by Crippen LogP contribution is -2.17. The Kier molecular flexibility index (Phi) is 4.10. The molecule has 3 aromatic rings. The van der Waals surface area contributed by atoms with Gasteiger partial charge >= 0.3 is 0 Å². The molecule has 108 valence electrons. The Bertz CT molecular complexity index is 767. The molecule has 0 spiro atoms. The Hall–Kier alpha value is -1.62. The minimum absolute atomic E-state index is 0.292. The van der Waals surface area contributed by atoms with Crippen LogP contribution in [0.25, 0.3) is 11.0 Å². The van der Waals surface area contributed by atoms with Crippen molar-refractivity contribution >= 4 is 33.4 Å². The molecule has 3 nitrogen and oxygen atoms in total. The van der Waals surface area contributed by atoms with Crippen LogP contribution in [0, 0.1) is 0 Å². The predicted molar refractivity (Wildman–Crippen MR) is 85.9 cm³/mol. The summed E-state index contributed by atoms with van der Waals surface area (Å²) in [5.41, 5.74) is 6.90. The van der Waals surface area contributed by atoms with Gasteiger partial charge < -0.3 is 10.2 Å². The molecule has 0 aliphatic carbocycles. The van der Waals surface area contributed by atoms with Gasteiger partial charge in [0.1, 0.15) is 11.3 Å². The van der Waals surface area contributed by atoms with Gasteiger partial charge in [-0.15, -0.1) is 0 Å². The summed E-state index contributed by atoms with van der Waals surface area (Å²) in [6.45, 7) is 0. The number of furan rings is 1. The summed E-state index contributed by atoms with van der Waals surface area (Å²) < 4.78 is 18.0. The fraction of sp³-hybridized carbons (Fsp3) is 0.125. The lowest BCUT2D eigenvalue weighted by Gasteiger charge is -2.08. The van der Waals surface area contributed by atoms with Crippen molar-refractivity contribution in [2.24, 2.45) is 5.73 Å². The van der Waals surface area contributed by atoms with Crippen molar-refractivity contribution in [2.45, 2.75) is 10.9 Å². The third kappa shape index (κ3) is 3.18. The fourth-order valence-electron chi connectivity index (χ4n) is 2.14. The average Bonchev–Trinajstić information content (AvgIpc) is 2.91. The number of para-hydroxylation sites is 1. The number of nitrogens with two attached hydrogens (primary N) is 1. The molecule has 2 unspecified atom stereocenters. The quantitative estimate of drug-likeness (QED) is 0.793. The van der Waals surface area contributed by atoms with E-state index in [-0.39, 0.29) is 0 Å². The van der Waals surface area contributed by atoms with Gasteiger partial charge in [0.2, 0.25) is 0 Å². The summed E-state index contributed by atoms with van der Waals surface area (Å²) in [5, 5.41) is 1.56. The van der Waals surface area contributed by atoms with E-state index in [0.29, 0.717) is 21.4 Å².